The lowest BCUT2D eigenvalue weighted by Crippen LogP contribution is -2.35. The van der Waals surface area contributed by atoms with Crippen LogP contribution in [0.3, 0.4) is 0 Å². The first-order chi connectivity index (χ1) is 11.1. The molecule has 0 amide bonds. The fourth-order valence-electron chi connectivity index (χ4n) is 2.55. The summed E-state index contributed by atoms with van der Waals surface area (Å²) in [7, 11) is 1.74. The summed E-state index contributed by atoms with van der Waals surface area (Å²) in [6.45, 7) is 10.5. The topological polar surface area (TPSA) is 59.7 Å². The van der Waals surface area contributed by atoms with E-state index in [0.717, 1.165) is 13.2 Å². The van der Waals surface area contributed by atoms with Crippen LogP contribution in [0.25, 0.3) is 0 Å². The molecule has 0 aliphatic carbocycles. The summed E-state index contributed by atoms with van der Waals surface area (Å²) in [5.41, 5.74) is 1.07. The fraction of sp³-hybridized carbons (Fsp3) is 0.471. The van der Waals surface area contributed by atoms with Gasteiger partial charge in [-0.05, 0) is 18.9 Å². The molecule has 6 heteroatoms. The number of ether oxygens (including phenoxy) is 1. The van der Waals surface area contributed by atoms with Crippen LogP contribution in [0.1, 0.15) is 19.5 Å². The van der Waals surface area contributed by atoms with Crippen molar-refractivity contribution in [3.8, 4) is 0 Å². The highest BCUT2D eigenvalue weighted by atomic mass is 16.5. The maximum Gasteiger partial charge on any atom is 0.255 e. The maximum absolute atomic E-state index is 12.3. The van der Waals surface area contributed by atoms with Crippen LogP contribution in [-0.2, 0) is 11.8 Å². The van der Waals surface area contributed by atoms with Crippen molar-refractivity contribution in [2.75, 3.05) is 31.2 Å². The smallest absolute Gasteiger partial charge is 0.255 e. The van der Waals surface area contributed by atoms with Crippen LogP contribution in [0, 0.1) is 5.92 Å². The second-order valence-corrected chi connectivity index (χ2v) is 5.66. The molecule has 2 heterocycles. The highest BCUT2D eigenvalue weighted by molar-refractivity contribution is 6.07. The first-order valence-corrected chi connectivity index (χ1v) is 7.79. The molecule has 1 atom stereocenters. The Bertz CT molecular complexity index is 676. The molecule has 1 aromatic heterocycles. The van der Waals surface area contributed by atoms with Crippen LogP contribution >= 0.6 is 0 Å². The van der Waals surface area contributed by atoms with Crippen LogP contribution in [-0.4, -0.2) is 41.6 Å². The molecule has 23 heavy (non-hydrogen) atoms. The number of rotatable bonds is 4. The number of nitrogens with zero attached hydrogens (tertiary/aromatic N) is 4. The molecule has 1 aliphatic rings. The van der Waals surface area contributed by atoms with Gasteiger partial charge in [0, 0.05) is 32.4 Å². The Labute approximate surface area is 136 Å². The normalized spacial score (nSPS) is 19.9. The Hall–Kier alpha value is -2.21. The number of hydrogen-bond acceptors (Lipinski definition) is 5. The molecule has 6 nitrogen and oxygen atoms in total. The third-order valence-corrected chi connectivity index (χ3v) is 3.65. The summed E-state index contributed by atoms with van der Waals surface area (Å²) in [5.74, 6) is 1.03. The lowest BCUT2D eigenvalue weighted by atomic mass is 10.2. The second-order valence-electron chi connectivity index (χ2n) is 5.66. The molecule has 1 saturated heterocycles. The van der Waals surface area contributed by atoms with Gasteiger partial charge in [-0.2, -0.15) is 0 Å². The quantitative estimate of drug-likeness (QED) is 0.794. The zero-order valence-corrected chi connectivity index (χ0v) is 14.0. The Morgan fingerprint density at radius 2 is 2.35 bits per heavy atom. The molecule has 1 aromatic rings. The standard InChI is InChI=1S/C17H24N4O2/c1-5-7-14(18-6-2)15-10-16(22)20(4)17(19-15)21-8-9-23-12-13(3)11-21/h5-7,10,13H,2,8-9,11-12H2,1,3-4H3/b7-5-,18-14?. The summed E-state index contributed by atoms with van der Waals surface area (Å²) >= 11 is 0. The van der Waals surface area contributed by atoms with E-state index in [2.05, 4.69) is 28.4 Å². The van der Waals surface area contributed by atoms with E-state index >= 15 is 0 Å². The predicted molar refractivity (Wildman–Crippen MR) is 93.2 cm³/mol. The molecule has 0 N–H and O–H groups in total. The van der Waals surface area contributed by atoms with Gasteiger partial charge in [-0.3, -0.25) is 14.4 Å². The Morgan fingerprint density at radius 3 is 3.04 bits per heavy atom. The van der Waals surface area contributed by atoms with E-state index in [1.165, 1.54) is 12.3 Å². The third kappa shape index (κ3) is 4.16. The van der Waals surface area contributed by atoms with Crippen molar-refractivity contribution in [1.82, 2.24) is 9.55 Å². The van der Waals surface area contributed by atoms with E-state index in [4.69, 9.17) is 4.74 Å². The van der Waals surface area contributed by atoms with E-state index in [1.807, 2.05) is 19.1 Å². The van der Waals surface area contributed by atoms with E-state index < -0.39 is 0 Å². The van der Waals surface area contributed by atoms with Crippen molar-refractivity contribution in [3.63, 3.8) is 0 Å². The van der Waals surface area contributed by atoms with Crippen molar-refractivity contribution in [3.05, 3.63) is 47.0 Å². The molecule has 124 valence electrons. The summed E-state index contributed by atoms with van der Waals surface area (Å²) in [6.07, 6.45) is 5.14. The molecular formula is C17H24N4O2. The van der Waals surface area contributed by atoms with Crippen molar-refractivity contribution in [2.45, 2.75) is 13.8 Å². The van der Waals surface area contributed by atoms with Crippen LogP contribution in [0.5, 0.6) is 0 Å². The molecule has 0 saturated carbocycles. The van der Waals surface area contributed by atoms with E-state index in [0.29, 0.717) is 36.4 Å². The Kier molecular flexibility index (Phi) is 5.87. The molecule has 0 aromatic carbocycles. The minimum absolute atomic E-state index is 0.107. The van der Waals surface area contributed by atoms with Gasteiger partial charge in [0.25, 0.3) is 5.56 Å². The fourth-order valence-corrected chi connectivity index (χ4v) is 2.55. The molecule has 1 fully saturated rings. The average Bonchev–Trinajstić information content (AvgIpc) is 2.74. The highest BCUT2D eigenvalue weighted by Crippen LogP contribution is 2.15. The average molecular weight is 316 g/mol. The van der Waals surface area contributed by atoms with Gasteiger partial charge in [-0.25, -0.2) is 4.98 Å². The lowest BCUT2D eigenvalue weighted by Gasteiger charge is -2.25. The van der Waals surface area contributed by atoms with Gasteiger partial charge in [0.05, 0.1) is 24.6 Å². The molecule has 1 aliphatic heterocycles. The van der Waals surface area contributed by atoms with E-state index in [1.54, 1.807) is 11.6 Å². The summed E-state index contributed by atoms with van der Waals surface area (Å²) in [6, 6.07) is 1.50. The van der Waals surface area contributed by atoms with E-state index in [-0.39, 0.29) is 5.56 Å². The molecule has 0 spiro atoms. The highest BCUT2D eigenvalue weighted by Gasteiger charge is 2.20. The zero-order valence-electron chi connectivity index (χ0n) is 14.0. The van der Waals surface area contributed by atoms with Crippen LogP contribution in [0.4, 0.5) is 5.95 Å². The number of allylic oxidation sites excluding steroid dienone is 2. The van der Waals surface area contributed by atoms with Crippen molar-refractivity contribution < 1.29 is 4.74 Å². The first kappa shape index (κ1) is 17.1. The molecule has 1 unspecified atom stereocenters. The molecule has 2 rings (SSSR count). The molecular weight excluding hydrogens is 292 g/mol. The van der Waals surface area contributed by atoms with Gasteiger partial charge in [-0.15, -0.1) is 0 Å². The van der Waals surface area contributed by atoms with Gasteiger partial charge < -0.3 is 9.64 Å². The zero-order chi connectivity index (χ0) is 16.8. The van der Waals surface area contributed by atoms with Crippen LogP contribution in [0.2, 0.25) is 0 Å². The van der Waals surface area contributed by atoms with E-state index in [9.17, 15) is 4.79 Å². The van der Waals surface area contributed by atoms with Gasteiger partial charge in [0.2, 0.25) is 5.95 Å². The lowest BCUT2D eigenvalue weighted by molar-refractivity contribution is 0.129. The van der Waals surface area contributed by atoms with Gasteiger partial charge in [0.1, 0.15) is 0 Å². The van der Waals surface area contributed by atoms with Gasteiger partial charge >= 0.3 is 0 Å². The maximum atomic E-state index is 12.3. The monoisotopic (exact) mass is 316 g/mol. The SMILES string of the molecule is C=CN=C(/C=C\C)c1cc(=O)n(C)c(N2CCOCC(C)C2)n1. The van der Waals surface area contributed by atoms with Crippen LogP contribution in [0.15, 0.2) is 40.8 Å². The van der Waals surface area contributed by atoms with Crippen molar-refractivity contribution in [2.24, 2.45) is 18.0 Å². The summed E-state index contributed by atoms with van der Waals surface area (Å²) in [5, 5.41) is 0. The van der Waals surface area contributed by atoms with Crippen molar-refractivity contribution >= 4 is 11.7 Å². The molecule has 0 bridgehead atoms. The van der Waals surface area contributed by atoms with Gasteiger partial charge in [0.15, 0.2) is 0 Å². The third-order valence-electron chi connectivity index (χ3n) is 3.65. The number of hydrogen-bond donors (Lipinski definition) is 0. The summed E-state index contributed by atoms with van der Waals surface area (Å²) < 4.78 is 7.15. The number of aliphatic imine (C=N–C) groups is 1. The predicted octanol–water partition coefficient (Wildman–Crippen LogP) is 1.76. The largest absolute Gasteiger partial charge is 0.379 e. The number of aromatic nitrogens is 2. The Balaban J connectivity index is 2.49. The first-order valence-electron chi connectivity index (χ1n) is 7.79. The second kappa shape index (κ2) is 7.87. The minimum atomic E-state index is -0.107. The number of anilines is 1. The summed E-state index contributed by atoms with van der Waals surface area (Å²) in [4.78, 5) is 23.3. The van der Waals surface area contributed by atoms with Crippen LogP contribution < -0.4 is 10.5 Å². The Morgan fingerprint density at radius 1 is 1.57 bits per heavy atom. The van der Waals surface area contributed by atoms with Gasteiger partial charge in [-0.1, -0.05) is 19.6 Å². The van der Waals surface area contributed by atoms with Crippen molar-refractivity contribution in [1.29, 1.82) is 0 Å². The molecule has 0 radical (unpaired) electrons. The minimum Gasteiger partial charge on any atom is -0.379 e.